The van der Waals surface area contributed by atoms with Gasteiger partial charge in [0, 0.05) is 12.6 Å². The van der Waals surface area contributed by atoms with E-state index in [2.05, 4.69) is 43.4 Å². The van der Waals surface area contributed by atoms with Crippen molar-refractivity contribution in [3.05, 3.63) is 35.4 Å². The largest absolute Gasteiger partial charge is 0.378 e. The lowest BCUT2D eigenvalue weighted by atomic mass is 9.97. The Balaban J connectivity index is 1.71. The van der Waals surface area contributed by atoms with Gasteiger partial charge in [-0.3, -0.25) is 0 Å². The van der Waals surface area contributed by atoms with Crippen LogP contribution < -0.4 is 5.32 Å². The molecule has 0 aliphatic carbocycles. The summed E-state index contributed by atoms with van der Waals surface area (Å²) in [5, 5.41) is 3.66. The smallest absolute Gasteiger partial charge is 0.0576 e. The summed E-state index contributed by atoms with van der Waals surface area (Å²) in [6, 6.07) is 9.42. The summed E-state index contributed by atoms with van der Waals surface area (Å²) < 4.78 is 5.72. The lowest BCUT2D eigenvalue weighted by molar-refractivity contribution is 0.101. The van der Waals surface area contributed by atoms with Crippen molar-refractivity contribution in [2.24, 2.45) is 0 Å². The van der Waals surface area contributed by atoms with Crippen molar-refractivity contribution in [1.29, 1.82) is 0 Å². The zero-order valence-electron chi connectivity index (χ0n) is 13.7. The Morgan fingerprint density at radius 2 is 2.14 bits per heavy atom. The molecule has 0 spiro atoms. The highest BCUT2D eigenvalue weighted by Crippen LogP contribution is 2.19. The van der Waals surface area contributed by atoms with Crippen molar-refractivity contribution >= 4 is 0 Å². The molecule has 2 heteroatoms. The highest BCUT2D eigenvalue weighted by Gasteiger charge is 2.16. The van der Waals surface area contributed by atoms with Gasteiger partial charge >= 0.3 is 0 Å². The molecule has 1 aromatic carbocycles. The molecule has 1 heterocycles. The predicted octanol–water partition coefficient (Wildman–Crippen LogP) is 4.26. The van der Waals surface area contributed by atoms with Crippen molar-refractivity contribution in [2.75, 3.05) is 13.2 Å². The minimum absolute atomic E-state index is 0.545. The molecule has 0 radical (unpaired) electrons. The summed E-state index contributed by atoms with van der Waals surface area (Å²) in [6.45, 7) is 6.48. The molecule has 0 saturated carbocycles. The highest BCUT2D eigenvalue weighted by molar-refractivity contribution is 5.25. The second-order valence-electron chi connectivity index (χ2n) is 6.29. The molecule has 118 valence electrons. The first-order chi connectivity index (χ1) is 10.3. The van der Waals surface area contributed by atoms with Crippen LogP contribution in [0, 0.1) is 6.92 Å². The number of benzene rings is 1. The zero-order valence-corrected chi connectivity index (χ0v) is 13.7. The average molecular weight is 289 g/mol. The maximum atomic E-state index is 5.72. The number of aryl methyl sites for hydroxylation is 2. The van der Waals surface area contributed by atoms with Gasteiger partial charge in [0.1, 0.15) is 0 Å². The van der Waals surface area contributed by atoms with Crippen LogP contribution in [0.4, 0.5) is 0 Å². The van der Waals surface area contributed by atoms with E-state index in [0.29, 0.717) is 12.1 Å². The van der Waals surface area contributed by atoms with Gasteiger partial charge in [0.2, 0.25) is 0 Å². The van der Waals surface area contributed by atoms with E-state index in [1.54, 1.807) is 0 Å². The molecular weight excluding hydrogens is 258 g/mol. The molecule has 1 aromatic rings. The van der Waals surface area contributed by atoms with Crippen LogP contribution in [0.5, 0.6) is 0 Å². The van der Waals surface area contributed by atoms with E-state index in [4.69, 9.17) is 4.74 Å². The molecule has 1 fully saturated rings. The molecule has 1 N–H and O–H groups in total. The van der Waals surface area contributed by atoms with E-state index < -0.39 is 0 Å². The van der Waals surface area contributed by atoms with Crippen LogP contribution in [0.3, 0.4) is 0 Å². The van der Waals surface area contributed by atoms with E-state index in [1.807, 2.05) is 0 Å². The van der Waals surface area contributed by atoms with Crippen LogP contribution in [-0.4, -0.2) is 25.3 Å². The van der Waals surface area contributed by atoms with Crippen LogP contribution >= 0.6 is 0 Å². The third-order valence-electron chi connectivity index (χ3n) is 4.62. The highest BCUT2D eigenvalue weighted by atomic mass is 16.5. The average Bonchev–Trinajstić information content (AvgIpc) is 2.99. The topological polar surface area (TPSA) is 21.3 Å². The summed E-state index contributed by atoms with van der Waals surface area (Å²) in [5.41, 5.74) is 2.92. The Morgan fingerprint density at radius 3 is 2.86 bits per heavy atom. The van der Waals surface area contributed by atoms with Crippen LogP contribution in [0.1, 0.15) is 56.6 Å². The van der Waals surface area contributed by atoms with Gasteiger partial charge < -0.3 is 10.1 Å². The maximum absolute atomic E-state index is 5.72. The Bertz CT molecular complexity index is 398. The third kappa shape index (κ3) is 5.80. The molecule has 21 heavy (non-hydrogen) atoms. The van der Waals surface area contributed by atoms with Crippen molar-refractivity contribution < 1.29 is 4.74 Å². The van der Waals surface area contributed by atoms with Crippen LogP contribution in [0.15, 0.2) is 24.3 Å². The van der Waals surface area contributed by atoms with Crippen LogP contribution in [0.2, 0.25) is 0 Å². The fourth-order valence-corrected chi connectivity index (χ4v) is 3.32. The monoisotopic (exact) mass is 289 g/mol. The molecule has 0 aromatic heterocycles. The molecule has 0 bridgehead atoms. The SMILES string of the molecule is CCNC(CCCC1CCCO1)CCc1ccccc1C. The lowest BCUT2D eigenvalue weighted by Gasteiger charge is -2.19. The van der Waals surface area contributed by atoms with E-state index in [9.17, 15) is 0 Å². The molecule has 2 atom stereocenters. The van der Waals surface area contributed by atoms with Crippen LogP contribution in [0.25, 0.3) is 0 Å². The van der Waals surface area contributed by atoms with Gasteiger partial charge in [0.25, 0.3) is 0 Å². The standard InChI is InChI=1S/C19H31NO/c1-3-20-18(10-6-11-19-12-7-15-21-19)14-13-17-9-5-4-8-16(17)2/h4-5,8-9,18-20H,3,6-7,10-15H2,1-2H3. The van der Waals surface area contributed by atoms with Crippen LogP contribution in [-0.2, 0) is 11.2 Å². The molecule has 1 aliphatic rings. The fourth-order valence-electron chi connectivity index (χ4n) is 3.32. The first kappa shape index (κ1) is 16.5. The summed E-state index contributed by atoms with van der Waals surface area (Å²) in [7, 11) is 0. The van der Waals surface area contributed by atoms with E-state index >= 15 is 0 Å². The molecule has 2 nitrogen and oxygen atoms in total. The normalized spacial score (nSPS) is 19.8. The minimum atomic E-state index is 0.545. The minimum Gasteiger partial charge on any atom is -0.378 e. The maximum Gasteiger partial charge on any atom is 0.0576 e. The number of hydrogen-bond donors (Lipinski definition) is 1. The number of nitrogens with one attached hydrogen (secondary N) is 1. The summed E-state index contributed by atoms with van der Waals surface area (Å²) in [5.74, 6) is 0. The number of rotatable bonds is 9. The Labute approximate surface area is 130 Å². The van der Waals surface area contributed by atoms with Crippen molar-refractivity contribution in [2.45, 2.75) is 70.9 Å². The quantitative estimate of drug-likeness (QED) is 0.733. The lowest BCUT2D eigenvalue weighted by Crippen LogP contribution is -2.29. The molecule has 2 unspecified atom stereocenters. The molecule has 0 amide bonds. The fraction of sp³-hybridized carbons (Fsp3) is 0.684. The van der Waals surface area contributed by atoms with E-state index in [-0.39, 0.29) is 0 Å². The van der Waals surface area contributed by atoms with Gasteiger partial charge in [0.15, 0.2) is 0 Å². The van der Waals surface area contributed by atoms with E-state index in [1.165, 1.54) is 56.1 Å². The van der Waals surface area contributed by atoms with Crippen molar-refractivity contribution in [3.8, 4) is 0 Å². The van der Waals surface area contributed by atoms with Crippen molar-refractivity contribution in [1.82, 2.24) is 5.32 Å². The van der Waals surface area contributed by atoms with Gasteiger partial charge in [-0.25, -0.2) is 0 Å². The molecule has 2 rings (SSSR count). The Morgan fingerprint density at radius 1 is 1.29 bits per heavy atom. The van der Waals surface area contributed by atoms with Gasteiger partial charge in [-0.2, -0.15) is 0 Å². The predicted molar refractivity (Wildman–Crippen MR) is 89.8 cm³/mol. The first-order valence-electron chi connectivity index (χ1n) is 8.69. The summed E-state index contributed by atoms with van der Waals surface area (Å²) in [4.78, 5) is 0. The second kappa shape index (κ2) is 9.22. The van der Waals surface area contributed by atoms with Gasteiger partial charge in [-0.1, -0.05) is 31.2 Å². The third-order valence-corrected chi connectivity index (χ3v) is 4.62. The van der Waals surface area contributed by atoms with Gasteiger partial charge in [-0.05, 0) is 69.5 Å². The summed E-state index contributed by atoms with van der Waals surface area (Å²) >= 11 is 0. The van der Waals surface area contributed by atoms with Gasteiger partial charge in [0.05, 0.1) is 6.10 Å². The molecular formula is C19H31NO. The summed E-state index contributed by atoms with van der Waals surface area (Å²) in [6.07, 6.45) is 9.31. The first-order valence-corrected chi connectivity index (χ1v) is 8.69. The number of ether oxygens (including phenoxy) is 1. The van der Waals surface area contributed by atoms with Gasteiger partial charge in [-0.15, -0.1) is 0 Å². The second-order valence-corrected chi connectivity index (χ2v) is 6.29. The Kier molecular flexibility index (Phi) is 7.25. The van der Waals surface area contributed by atoms with E-state index in [0.717, 1.165) is 13.2 Å². The molecule has 1 saturated heterocycles. The molecule has 1 aliphatic heterocycles. The zero-order chi connectivity index (χ0) is 14.9. The Hall–Kier alpha value is -0.860. The number of hydrogen-bond acceptors (Lipinski definition) is 2. The van der Waals surface area contributed by atoms with Crippen molar-refractivity contribution in [3.63, 3.8) is 0 Å².